The van der Waals surface area contributed by atoms with Gasteiger partial charge in [0.25, 0.3) is 0 Å². The fraction of sp³-hybridized carbons (Fsp3) is 0.611. The maximum Gasteiger partial charge on any atom is 0.416 e. The lowest BCUT2D eigenvalue weighted by Gasteiger charge is -2.26. The standard InChI is InChI=1S/C18H27N3O2/c1-5-12-21(17(22)23-18(2,3)4)16-10-9-14(13-20-16)15-8-6-7-11-19-15/h9-10,13H,5-8,11-12H2,1-4H3. The molecule has 0 N–H and O–H groups in total. The van der Waals surface area contributed by atoms with E-state index in [-0.39, 0.29) is 6.09 Å². The number of rotatable bonds is 4. The van der Waals surface area contributed by atoms with Crippen LogP contribution in [0.3, 0.4) is 0 Å². The smallest absolute Gasteiger partial charge is 0.416 e. The molecule has 1 aliphatic heterocycles. The molecule has 0 saturated carbocycles. The Labute approximate surface area is 138 Å². The second-order valence-electron chi connectivity index (χ2n) is 6.82. The van der Waals surface area contributed by atoms with Crippen LogP contribution in [0.1, 0.15) is 58.9 Å². The molecule has 23 heavy (non-hydrogen) atoms. The summed E-state index contributed by atoms with van der Waals surface area (Å²) in [5.41, 5.74) is 1.66. The number of carbonyl (C=O) groups excluding carboxylic acids is 1. The molecule has 0 bridgehead atoms. The maximum absolute atomic E-state index is 12.4. The van der Waals surface area contributed by atoms with Crippen molar-refractivity contribution < 1.29 is 9.53 Å². The Hall–Kier alpha value is -1.91. The van der Waals surface area contributed by atoms with Crippen LogP contribution in [-0.2, 0) is 4.74 Å². The van der Waals surface area contributed by atoms with Crippen molar-refractivity contribution in [3.8, 4) is 0 Å². The van der Waals surface area contributed by atoms with Crippen molar-refractivity contribution in [1.29, 1.82) is 0 Å². The van der Waals surface area contributed by atoms with E-state index in [4.69, 9.17) is 4.74 Å². The Morgan fingerprint density at radius 3 is 2.61 bits per heavy atom. The molecule has 0 unspecified atom stereocenters. The second-order valence-corrected chi connectivity index (χ2v) is 6.82. The van der Waals surface area contributed by atoms with Crippen molar-refractivity contribution in [2.75, 3.05) is 18.0 Å². The molecule has 1 aliphatic rings. The van der Waals surface area contributed by atoms with Crippen molar-refractivity contribution in [3.05, 3.63) is 23.9 Å². The topological polar surface area (TPSA) is 54.8 Å². The number of ether oxygens (including phenoxy) is 1. The minimum absolute atomic E-state index is 0.352. The van der Waals surface area contributed by atoms with Crippen LogP contribution in [0.4, 0.5) is 10.6 Å². The van der Waals surface area contributed by atoms with Crippen molar-refractivity contribution in [2.45, 2.75) is 59.0 Å². The summed E-state index contributed by atoms with van der Waals surface area (Å²) in [6.45, 7) is 9.12. The van der Waals surface area contributed by atoms with Gasteiger partial charge in [-0.15, -0.1) is 0 Å². The van der Waals surface area contributed by atoms with E-state index in [2.05, 4.69) is 9.98 Å². The third kappa shape index (κ3) is 5.05. The van der Waals surface area contributed by atoms with Crippen LogP contribution >= 0.6 is 0 Å². The Kier molecular flexibility index (Phi) is 5.74. The normalized spacial score (nSPS) is 15.0. The van der Waals surface area contributed by atoms with Gasteiger partial charge in [-0.3, -0.25) is 9.89 Å². The molecule has 0 atom stereocenters. The lowest BCUT2D eigenvalue weighted by Crippen LogP contribution is -2.37. The average molecular weight is 317 g/mol. The minimum Gasteiger partial charge on any atom is -0.443 e. The van der Waals surface area contributed by atoms with Gasteiger partial charge in [0.2, 0.25) is 0 Å². The van der Waals surface area contributed by atoms with E-state index in [1.54, 1.807) is 4.90 Å². The molecule has 0 spiro atoms. The monoisotopic (exact) mass is 317 g/mol. The number of aliphatic imine (C=N–C) groups is 1. The highest BCUT2D eigenvalue weighted by Crippen LogP contribution is 2.19. The molecule has 1 aromatic rings. The van der Waals surface area contributed by atoms with Crippen LogP contribution in [-0.4, -0.2) is 35.5 Å². The molecule has 0 fully saturated rings. The number of carbonyl (C=O) groups is 1. The Balaban J connectivity index is 2.16. The lowest BCUT2D eigenvalue weighted by atomic mass is 10.0. The van der Waals surface area contributed by atoms with Gasteiger partial charge in [-0.05, 0) is 58.6 Å². The molecule has 0 saturated heterocycles. The van der Waals surface area contributed by atoms with Crippen molar-refractivity contribution in [1.82, 2.24) is 4.98 Å². The summed E-state index contributed by atoms with van der Waals surface area (Å²) in [5.74, 6) is 0.626. The molecule has 1 aromatic heterocycles. The average Bonchev–Trinajstić information content (AvgIpc) is 2.52. The first kappa shape index (κ1) is 17.4. The van der Waals surface area contributed by atoms with Crippen LogP contribution in [0.2, 0.25) is 0 Å². The second kappa shape index (κ2) is 7.57. The van der Waals surface area contributed by atoms with E-state index in [0.717, 1.165) is 37.1 Å². The van der Waals surface area contributed by atoms with Gasteiger partial charge in [-0.2, -0.15) is 0 Å². The third-order valence-electron chi connectivity index (χ3n) is 3.54. The number of anilines is 1. The lowest BCUT2D eigenvalue weighted by molar-refractivity contribution is 0.0579. The Morgan fingerprint density at radius 1 is 1.30 bits per heavy atom. The predicted molar refractivity (Wildman–Crippen MR) is 93.4 cm³/mol. The molecule has 5 nitrogen and oxygen atoms in total. The molecule has 0 aromatic carbocycles. The number of nitrogens with zero attached hydrogens (tertiary/aromatic N) is 3. The molecule has 0 radical (unpaired) electrons. The summed E-state index contributed by atoms with van der Waals surface area (Å²) in [6, 6.07) is 3.88. The molecule has 2 rings (SSSR count). The van der Waals surface area contributed by atoms with Gasteiger partial charge >= 0.3 is 6.09 Å². The van der Waals surface area contributed by atoms with E-state index >= 15 is 0 Å². The van der Waals surface area contributed by atoms with Gasteiger partial charge in [0.05, 0.1) is 0 Å². The molecule has 5 heteroatoms. The highest BCUT2D eigenvalue weighted by Gasteiger charge is 2.23. The van der Waals surface area contributed by atoms with E-state index in [0.29, 0.717) is 12.4 Å². The first-order valence-corrected chi connectivity index (χ1v) is 8.41. The highest BCUT2D eigenvalue weighted by atomic mass is 16.6. The van der Waals surface area contributed by atoms with Gasteiger partial charge in [0.15, 0.2) is 0 Å². The first-order valence-electron chi connectivity index (χ1n) is 8.41. The SMILES string of the molecule is CCCN(C(=O)OC(C)(C)C)c1ccc(C2=NCCCC2)cn1. The number of amides is 1. The number of aromatic nitrogens is 1. The zero-order valence-electron chi connectivity index (χ0n) is 14.6. The summed E-state index contributed by atoms with van der Waals surface area (Å²) < 4.78 is 5.48. The van der Waals surface area contributed by atoms with Crippen LogP contribution < -0.4 is 4.90 Å². The van der Waals surface area contributed by atoms with Crippen LogP contribution in [0.25, 0.3) is 0 Å². The quantitative estimate of drug-likeness (QED) is 0.836. The fourth-order valence-electron chi connectivity index (χ4n) is 2.49. The van der Waals surface area contributed by atoms with E-state index in [9.17, 15) is 4.79 Å². The van der Waals surface area contributed by atoms with Gasteiger partial charge in [0.1, 0.15) is 11.4 Å². The Bertz CT molecular complexity index is 559. The predicted octanol–water partition coefficient (Wildman–Crippen LogP) is 4.21. The van der Waals surface area contributed by atoms with Crippen LogP contribution in [0.5, 0.6) is 0 Å². The van der Waals surface area contributed by atoms with Crippen molar-refractivity contribution in [2.24, 2.45) is 4.99 Å². The molecular weight excluding hydrogens is 290 g/mol. The maximum atomic E-state index is 12.4. The summed E-state index contributed by atoms with van der Waals surface area (Å²) in [7, 11) is 0. The van der Waals surface area contributed by atoms with E-state index in [1.165, 1.54) is 6.42 Å². The van der Waals surface area contributed by atoms with Gasteiger partial charge in [0, 0.05) is 30.6 Å². The number of pyridine rings is 1. The Morgan fingerprint density at radius 2 is 2.09 bits per heavy atom. The number of hydrogen-bond donors (Lipinski definition) is 0. The van der Waals surface area contributed by atoms with Crippen LogP contribution in [0, 0.1) is 0 Å². The van der Waals surface area contributed by atoms with Crippen LogP contribution in [0.15, 0.2) is 23.3 Å². The minimum atomic E-state index is -0.514. The zero-order chi connectivity index (χ0) is 16.9. The summed E-state index contributed by atoms with van der Waals surface area (Å²) in [6.07, 6.45) is 5.65. The molecule has 0 aliphatic carbocycles. The van der Waals surface area contributed by atoms with Gasteiger partial charge in [-0.25, -0.2) is 9.78 Å². The number of hydrogen-bond acceptors (Lipinski definition) is 4. The van der Waals surface area contributed by atoms with E-state index in [1.807, 2.05) is 46.0 Å². The summed E-state index contributed by atoms with van der Waals surface area (Å²) in [4.78, 5) is 23.0. The molecule has 1 amide bonds. The molecule has 126 valence electrons. The fourth-order valence-corrected chi connectivity index (χ4v) is 2.49. The van der Waals surface area contributed by atoms with Gasteiger partial charge in [-0.1, -0.05) is 6.92 Å². The van der Waals surface area contributed by atoms with Gasteiger partial charge < -0.3 is 4.74 Å². The molecule has 2 heterocycles. The van der Waals surface area contributed by atoms with Crippen molar-refractivity contribution in [3.63, 3.8) is 0 Å². The summed E-state index contributed by atoms with van der Waals surface area (Å²) >= 11 is 0. The first-order chi connectivity index (χ1) is 10.9. The zero-order valence-corrected chi connectivity index (χ0v) is 14.6. The van der Waals surface area contributed by atoms with E-state index < -0.39 is 5.60 Å². The highest BCUT2D eigenvalue weighted by molar-refractivity contribution is 6.01. The summed E-state index contributed by atoms with van der Waals surface area (Å²) in [5, 5.41) is 0. The van der Waals surface area contributed by atoms with Crippen molar-refractivity contribution >= 4 is 17.6 Å². The molecular formula is C18H27N3O2. The largest absolute Gasteiger partial charge is 0.443 e. The third-order valence-corrected chi connectivity index (χ3v) is 3.54.